The molecule has 0 unspecified atom stereocenters. The van der Waals surface area contributed by atoms with Crippen LogP contribution < -0.4 is 4.90 Å². The number of hydrogen-bond donors (Lipinski definition) is 0. The lowest BCUT2D eigenvalue weighted by molar-refractivity contribution is 0.0321. The molecule has 0 saturated carbocycles. The van der Waals surface area contributed by atoms with Crippen LogP contribution in [0.25, 0.3) is 0 Å². The summed E-state index contributed by atoms with van der Waals surface area (Å²) in [6, 6.07) is 6.71. The summed E-state index contributed by atoms with van der Waals surface area (Å²) in [6.07, 6.45) is 2.29. The Labute approximate surface area is 126 Å². The van der Waals surface area contributed by atoms with Gasteiger partial charge >= 0.3 is 0 Å². The molecule has 3 heterocycles. The Bertz CT molecular complexity index is 526. The average molecular weight is 286 g/mol. The lowest BCUT2D eigenvalue weighted by Gasteiger charge is -2.41. The summed E-state index contributed by atoms with van der Waals surface area (Å²) in [6.45, 7) is 7.75. The van der Waals surface area contributed by atoms with Gasteiger partial charge in [0.2, 0.25) is 0 Å². The van der Waals surface area contributed by atoms with Crippen LogP contribution in [0.4, 0.5) is 5.82 Å². The number of nitrogens with zero attached hydrogens (tertiary/aromatic N) is 4. The molecule has 0 N–H and O–H groups in total. The number of hydrogen-bond acceptors (Lipinski definition) is 5. The highest BCUT2D eigenvalue weighted by Crippen LogP contribution is 2.22. The topological polar surface area (TPSA) is 52.4 Å². The standard InChI is InChI=1S/C16H22N4O/c1-13-2-3-14(12-17)16(18-13)20-8-6-19(7-9-20)15-4-10-21-11-5-15/h2-3,15H,4-11H2,1H3. The molecule has 0 spiro atoms. The summed E-state index contributed by atoms with van der Waals surface area (Å²) in [4.78, 5) is 9.39. The van der Waals surface area contributed by atoms with E-state index in [4.69, 9.17) is 4.74 Å². The van der Waals surface area contributed by atoms with Crippen LogP contribution in [-0.2, 0) is 4.74 Å². The van der Waals surface area contributed by atoms with Crippen molar-refractivity contribution in [3.05, 3.63) is 23.4 Å². The Morgan fingerprint density at radius 2 is 1.90 bits per heavy atom. The van der Waals surface area contributed by atoms with Gasteiger partial charge in [0, 0.05) is 51.1 Å². The van der Waals surface area contributed by atoms with E-state index in [0.29, 0.717) is 11.6 Å². The number of pyridine rings is 1. The van der Waals surface area contributed by atoms with E-state index in [-0.39, 0.29) is 0 Å². The third-order valence-corrected chi connectivity index (χ3v) is 4.46. The van der Waals surface area contributed by atoms with Gasteiger partial charge in [0.15, 0.2) is 0 Å². The number of piperazine rings is 1. The van der Waals surface area contributed by atoms with Crippen molar-refractivity contribution in [1.82, 2.24) is 9.88 Å². The van der Waals surface area contributed by atoms with Gasteiger partial charge in [-0.15, -0.1) is 0 Å². The van der Waals surface area contributed by atoms with Crippen LogP contribution in [0.5, 0.6) is 0 Å². The molecule has 0 atom stereocenters. The zero-order valence-corrected chi connectivity index (χ0v) is 12.6. The molecule has 2 fully saturated rings. The number of aromatic nitrogens is 1. The van der Waals surface area contributed by atoms with Crippen LogP contribution in [0.15, 0.2) is 12.1 Å². The van der Waals surface area contributed by atoms with Gasteiger partial charge in [-0.1, -0.05) is 0 Å². The summed E-state index contributed by atoms with van der Waals surface area (Å²) in [5.74, 6) is 0.851. The van der Waals surface area contributed by atoms with E-state index in [1.54, 1.807) is 0 Å². The largest absolute Gasteiger partial charge is 0.381 e. The summed E-state index contributed by atoms with van der Waals surface area (Å²) >= 11 is 0. The highest BCUT2D eigenvalue weighted by molar-refractivity contribution is 5.54. The van der Waals surface area contributed by atoms with Crippen LogP contribution in [0.2, 0.25) is 0 Å². The van der Waals surface area contributed by atoms with Gasteiger partial charge in [-0.05, 0) is 31.9 Å². The van der Waals surface area contributed by atoms with E-state index in [9.17, 15) is 5.26 Å². The van der Waals surface area contributed by atoms with Crippen molar-refractivity contribution < 1.29 is 4.74 Å². The molecule has 0 radical (unpaired) electrons. The predicted molar refractivity (Wildman–Crippen MR) is 81.3 cm³/mol. The molecule has 0 amide bonds. The van der Waals surface area contributed by atoms with Crippen LogP contribution in [-0.4, -0.2) is 55.3 Å². The first-order valence-electron chi connectivity index (χ1n) is 7.72. The Balaban J connectivity index is 1.65. The molecule has 0 aliphatic carbocycles. The van der Waals surface area contributed by atoms with Gasteiger partial charge in [0.05, 0.1) is 5.56 Å². The molecule has 0 aromatic carbocycles. The molecule has 2 saturated heterocycles. The lowest BCUT2D eigenvalue weighted by Crippen LogP contribution is -2.52. The average Bonchev–Trinajstić information content (AvgIpc) is 2.56. The Morgan fingerprint density at radius 3 is 2.57 bits per heavy atom. The second-order valence-electron chi connectivity index (χ2n) is 5.80. The number of ether oxygens (including phenoxy) is 1. The zero-order chi connectivity index (χ0) is 14.7. The number of anilines is 1. The van der Waals surface area contributed by atoms with Crippen molar-refractivity contribution in [2.75, 3.05) is 44.3 Å². The highest BCUT2D eigenvalue weighted by Gasteiger charge is 2.26. The molecule has 5 nitrogen and oxygen atoms in total. The second-order valence-corrected chi connectivity index (χ2v) is 5.80. The van der Waals surface area contributed by atoms with Gasteiger partial charge < -0.3 is 9.64 Å². The van der Waals surface area contributed by atoms with E-state index < -0.39 is 0 Å². The molecule has 1 aromatic heterocycles. The van der Waals surface area contributed by atoms with Gasteiger partial charge in [-0.2, -0.15) is 5.26 Å². The molecular formula is C16H22N4O. The Kier molecular flexibility index (Phi) is 4.37. The van der Waals surface area contributed by atoms with Crippen LogP contribution in [0, 0.1) is 18.3 Å². The molecule has 112 valence electrons. The maximum absolute atomic E-state index is 9.25. The predicted octanol–water partition coefficient (Wildman–Crippen LogP) is 1.56. The fourth-order valence-electron chi connectivity index (χ4n) is 3.22. The summed E-state index contributed by atoms with van der Waals surface area (Å²) in [7, 11) is 0. The first-order chi connectivity index (χ1) is 10.3. The second kappa shape index (κ2) is 6.42. The third-order valence-electron chi connectivity index (χ3n) is 4.46. The molecule has 21 heavy (non-hydrogen) atoms. The quantitative estimate of drug-likeness (QED) is 0.826. The van der Waals surface area contributed by atoms with Crippen molar-refractivity contribution >= 4 is 5.82 Å². The summed E-state index contributed by atoms with van der Waals surface area (Å²) in [5.41, 5.74) is 1.65. The lowest BCUT2D eigenvalue weighted by atomic mass is 10.1. The fourth-order valence-corrected chi connectivity index (χ4v) is 3.22. The number of aryl methyl sites for hydroxylation is 1. The van der Waals surface area contributed by atoms with Crippen LogP contribution >= 0.6 is 0 Å². The van der Waals surface area contributed by atoms with E-state index in [0.717, 1.165) is 63.7 Å². The minimum absolute atomic E-state index is 0.668. The highest BCUT2D eigenvalue weighted by atomic mass is 16.5. The van der Waals surface area contributed by atoms with Gasteiger partial charge in [0.25, 0.3) is 0 Å². The van der Waals surface area contributed by atoms with Gasteiger partial charge in [-0.3, -0.25) is 4.90 Å². The van der Waals surface area contributed by atoms with Crippen molar-refractivity contribution in [1.29, 1.82) is 5.26 Å². The third kappa shape index (κ3) is 3.17. The maximum Gasteiger partial charge on any atom is 0.146 e. The van der Waals surface area contributed by atoms with E-state index >= 15 is 0 Å². The normalized spacial score (nSPS) is 21.2. The molecule has 5 heteroatoms. The van der Waals surface area contributed by atoms with Crippen molar-refractivity contribution in [3.8, 4) is 6.07 Å². The van der Waals surface area contributed by atoms with E-state index in [1.165, 1.54) is 0 Å². The molecule has 3 rings (SSSR count). The number of rotatable bonds is 2. The van der Waals surface area contributed by atoms with Gasteiger partial charge in [0.1, 0.15) is 11.9 Å². The van der Waals surface area contributed by atoms with E-state index in [1.807, 2.05) is 19.1 Å². The minimum atomic E-state index is 0.668. The van der Waals surface area contributed by atoms with Crippen molar-refractivity contribution in [2.45, 2.75) is 25.8 Å². The van der Waals surface area contributed by atoms with E-state index in [2.05, 4.69) is 20.9 Å². The SMILES string of the molecule is Cc1ccc(C#N)c(N2CCN(C3CCOCC3)CC2)n1. The van der Waals surface area contributed by atoms with Crippen molar-refractivity contribution in [3.63, 3.8) is 0 Å². The first-order valence-corrected chi connectivity index (χ1v) is 7.72. The monoisotopic (exact) mass is 286 g/mol. The molecular weight excluding hydrogens is 264 g/mol. The summed E-state index contributed by atoms with van der Waals surface area (Å²) in [5, 5.41) is 9.25. The number of nitriles is 1. The Hall–Kier alpha value is -1.64. The molecule has 2 aliphatic heterocycles. The smallest absolute Gasteiger partial charge is 0.146 e. The van der Waals surface area contributed by atoms with Crippen LogP contribution in [0.3, 0.4) is 0 Å². The summed E-state index contributed by atoms with van der Waals surface area (Å²) < 4.78 is 5.44. The van der Waals surface area contributed by atoms with Crippen molar-refractivity contribution in [2.24, 2.45) is 0 Å². The molecule has 1 aromatic rings. The fraction of sp³-hybridized carbons (Fsp3) is 0.625. The minimum Gasteiger partial charge on any atom is -0.381 e. The zero-order valence-electron chi connectivity index (χ0n) is 12.6. The Morgan fingerprint density at radius 1 is 1.19 bits per heavy atom. The first kappa shape index (κ1) is 14.3. The van der Waals surface area contributed by atoms with Crippen LogP contribution in [0.1, 0.15) is 24.1 Å². The molecule has 0 bridgehead atoms. The maximum atomic E-state index is 9.25. The van der Waals surface area contributed by atoms with Gasteiger partial charge in [-0.25, -0.2) is 4.98 Å². The molecule has 2 aliphatic rings.